The van der Waals surface area contributed by atoms with Crippen LogP contribution >= 0.6 is 7.82 Å². The maximum atomic E-state index is 12.0. The van der Waals surface area contributed by atoms with Gasteiger partial charge in [0.1, 0.15) is 27.3 Å². The van der Waals surface area contributed by atoms with E-state index in [0.29, 0.717) is 18.8 Å². The first-order valence-electron chi connectivity index (χ1n) is 25.4. The molecule has 54 nitrogen and oxygen atoms in total. The Hall–Kier alpha value is -11.7. The van der Waals surface area contributed by atoms with Gasteiger partial charge in [-0.25, -0.2) is 60.3 Å². The Morgan fingerprint density at radius 3 is 1.17 bits per heavy atom. The highest BCUT2D eigenvalue weighted by Gasteiger charge is 2.43. The summed E-state index contributed by atoms with van der Waals surface area (Å²) in [7, 11) is -6.85. The van der Waals surface area contributed by atoms with Gasteiger partial charge in [-0.05, 0) is 31.3 Å². The quantitative estimate of drug-likeness (QED) is 0.0193. The molecule has 0 fully saturated rings. The van der Waals surface area contributed by atoms with Crippen LogP contribution in [0.3, 0.4) is 0 Å². The molecule has 0 spiro atoms. The van der Waals surface area contributed by atoms with E-state index in [1.165, 1.54) is 0 Å². The van der Waals surface area contributed by atoms with E-state index in [0.717, 1.165) is 154 Å². The smallest absolute Gasteiger partial charge is 0.466 e. The van der Waals surface area contributed by atoms with Crippen molar-refractivity contribution in [2.45, 2.75) is 27.2 Å². The molecule has 530 valence electrons. The van der Waals surface area contributed by atoms with Crippen molar-refractivity contribution in [3.8, 4) is 0 Å². The molecule has 3 aliphatic heterocycles. The SMILES string of the molecule is C.COC(=O)/C=C/n1nnn(CCOP(=O)(O)OCC[N+]2=NN=[N+](/C=C/C(=O)OC)C2=O)c1=O.COC(=O)/C=C/n1nnn(CCOS(=O)(=O)OCC[N+]2=NN=[N+](/C=C/C(=O)OC)C2=O)c1=O.COC(=O)/C=C/n1nnn(COS(=O)(=O)OC[N+]2=NN=[N+](/C=C/C(=O)OC)C2=O)c1=O. The van der Waals surface area contributed by atoms with Crippen molar-refractivity contribution >= 4 is 101 Å². The average Bonchev–Trinajstić information content (AvgIpc) is 1.78. The van der Waals surface area contributed by atoms with Crippen LogP contribution < -0.4 is 17.1 Å². The number of urea groups is 3. The summed E-state index contributed by atoms with van der Waals surface area (Å²) in [6.07, 6.45) is 11.5. The predicted octanol–water partition coefficient (Wildman–Crippen LogP) is -4.51. The Bertz CT molecular complexity index is 4350. The second-order valence-electron chi connectivity index (χ2n) is 16.3. The lowest BCUT2D eigenvalue weighted by Crippen LogP contribution is -2.28. The maximum absolute atomic E-state index is 12.0. The van der Waals surface area contributed by atoms with Gasteiger partial charge in [0.05, 0.1) is 87.2 Å². The van der Waals surface area contributed by atoms with Gasteiger partial charge in [0.25, 0.3) is 22.4 Å². The van der Waals surface area contributed by atoms with Crippen LogP contribution in [-0.2, 0) is 128 Å². The molecule has 1 unspecified atom stereocenters. The third-order valence-corrected chi connectivity index (χ3v) is 12.8. The summed E-state index contributed by atoms with van der Waals surface area (Å²) in [5.41, 5.74) is -2.44. The number of amides is 6. The van der Waals surface area contributed by atoms with Gasteiger partial charge in [0.15, 0.2) is 38.4 Å². The molecule has 0 saturated carbocycles. The van der Waals surface area contributed by atoms with Gasteiger partial charge in [-0.15, -0.1) is 0 Å². The van der Waals surface area contributed by atoms with Crippen LogP contribution in [0.5, 0.6) is 0 Å². The van der Waals surface area contributed by atoms with Crippen LogP contribution in [-0.4, -0.2) is 252 Å². The van der Waals surface area contributed by atoms with Gasteiger partial charge >= 0.3 is 115 Å². The molecular weight excluding hydrogens is 1400 g/mol. The van der Waals surface area contributed by atoms with E-state index < -0.39 is 139 Å². The van der Waals surface area contributed by atoms with Gasteiger partial charge < -0.3 is 33.3 Å². The van der Waals surface area contributed by atoms with Crippen molar-refractivity contribution in [3.63, 3.8) is 0 Å². The summed E-state index contributed by atoms with van der Waals surface area (Å²) in [6.45, 7) is -4.86. The van der Waals surface area contributed by atoms with Crippen LogP contribution in [0.25, 0.3) is 18.6 Å². The van der Waals surface area contributed by atoms with Gasteiger partial charge in [-0.1, -0.05) is 7.43 Å². The zero-order valence-electron chi connectivity index (χ0n) is 50.3. The fraction of sp³-hybridized carbons (Fsp3) is 0.415. The Balaban J connectivity index is 0.000000381. The lowest BCUT2D eigenvalue weighted by atomic mass is 10.6. The standard InChI is InChI=1S/C14H18N8O10P.C14H18N8O10S.C12H14N8O10S.CH4/c2*1-29-11(23)3-5-19-13(25)21(17-15-19)7-9-31-33(27,28)32-10-8-22-14(26)20(16-18-22)6-4-12(24)30-2;1-27-9(21)3-5-17-11(23)19(15-13-17)7-29-31(25,26)30-8-20-12(24)18(14-16-20)6-4-10(22)28-2;/h2*3-6H,7-10H2,1-2H3;3-6H,7-8H2,1-2H3;1H4/q+1;2*+2;/p+1/b3*5-3+,6-4+;. The number of phosphoric ester groups is 1. The summed E-state index contributed by atoms with van der Waals surface area (Å²) in [4.78, 5) is 148. The number of hydrogen-bond acceptors (Lipinski definition) is 41. The van der Waals surface area contributed by atoms with E-state index in [1.807, 2.05) is 0 Å². The Morgan fingerprint density at radius 1 is 0.429 bits per heavy atom. The molecule has 6 amide bonds. The van der Waals surface area contributed by atoms with Crippen LogP contribution in [0, 0.1) is 0 Å². The molecule has 3 aromatic heterocycles. The second-order valence-corrected chi connectivity index (χ2v) is 20.3. The fourth-order valence-electron chi connectivity index (χ4n) is 5.47. The third kappa shape index (κ3) is 26.6. The van der Waals surface area contributed by atoms with Crippen molar-refractivity contribution in [3.05, 3.63) is 86.5 Å². The van der Waals surface area contributed by atoms with Crippen molar-refractivity contribution in [1.29, 1.82) is 0 Å². The molecule has 98 heavy (non-hydrogen) atoms. The highest BCUT2D eigenvalue weighted by Crippen LogP contribution is 2.42. The first-order chi connectivity index (χ1) is 46.0. The molecular formula is C41H55N24O30PS2+6. The van der Waals surface area contributed by atoms with Gasteiger partial charge in [-0.2, -0.15) is 63.5 Å². The van der Waals surface area contributed by atoms with Gasteiger partial charge in [-0.3, -0.25) is 9.05 Å². The molecule has 0 bridgehead atoms. The molecule has 0 saturated heterocycles. The topological polar surface area (TPSA) is 620 Å². The molecule has 3 aromatic rings. The van der Waals surface area contributed by atoms with E-state index in [-0.39, 0.29) is 33.6 Å². The fourth-order valence-corrected chi connectivity index (χ4v) is 7.32. The van der Waals surface area contributed by atoms with E-state index >= 15 is 0 Å². The van der Waals surface area contributed by atoms with Crippen molar-refractivity contribution in [2.75, 3.05) is 88.9 Å². The van der Waals surface area contributed by atoms with Crippen molar-refractivity contribution in [2.24, 2.45) is 31.3 Å². The highest BCUT2D eigenvalue weighted by molar-refractivity contribution is 7.82. The number of phosphoric acid groups is 1. The monoisotopic (exact) mass is 1460 g/mol. The summed E-state index contributed by atoms with van der Waals surface area (Å²) < 4.78 is 121. The zero-order chi connectivity index (χ0) is 71.9. The molecule has 1 N–H and O–H groups in total. The van der Waals surface area contributed by atoms with E-state index in [9.17, 15) is 83.8 Å². The lowest BCUT2D eigenvalue weighted by Gasteiger charge is -2.10. The number of ether oxygens (including phenoxy) is 6. The zero-order valence-corrected chi connectivity index (χ0v) is 52.8. The normalized spacial score (nSPS) is 14.5. The second kappa shape index (κ2) is 39.3. The maximum Gasteiger partial charge on any atom is 0.640 e. The van der Waals surface area contributed by atoms with Crippen molar-refractivity contribution < 1.29 is 152 Å². The Labute approximate surface area is 544 Å². The number of carbonyl (C=O) groups excluding carboxylic acids is 9. The number of esters is 6. The number of tetrazole rings is 3. The Kier molecular flexibility index (Phi) is 32.3. The number of carbonyl (C=O) groups is 9. The molecule has 1 atom stereocenters. The van der Waals surface area contributed by atoms with Crippen LogP contribution in [0.4, 0.5) is 14.4 Å². The van der Waals surface area contributed by atoms with Crippen LogP contribution in [0.15, 0.2) is 101 Å². The number of nitrogens with zero attached hydrogens (tertiary/aromatic N) is 24. The summed E-state index contributed by atoms with van der Waals surface area (Å²) in [5, 5.41) is 41.3. The minimum absolute atomic E-state index is 0. The molecule has 0 aromatic carbocycles. The average molecular weight is 1460 g/mol. The molecule has 3 aliphatic rings. The van der Waals surface area contributed by atoms with E-state index in [4.69, 9.17) is 9.05 Å². The summed E-state index contributed by atoms with van der Waals surface area (Å²) >= 11 is 0. The first-order valence-corrected chi connectivity index (χ1v) is 29.6. The molecule has 6 rings (SSSR count). The molecule has 57 heteroatoms. The summed E-state index contributed by atoms with van der Waals surface area (Å²) in [6, 6.07) is -2.44. The van der Waals surface area contributed by atoms with Gasteiger partial charge in [0, 0.05) is 50.9 Å². The predicted molar refractivity (Wildman–Crippen MR) is 296 cm³/mol. The number of hydrogen-bond donors (Lipinski definition) is 1. The largest absolute Gasteiger partial charge is 0.640 e. The van der Waals surface area contributed by atoms with Gasteiger partial charge in [0.2, 0.25) is 0 Å². The summed E-state index contributed by atoms with van der Waals surface area (Å²) in [5.74, 6) is -4.37. The number of aromatic nitrogens is 12. The number of methoxy groups -OCH3 is 6. The minimum atomic E-state index is -4.71. The van der Waals surface area contributed by atoms with E-state index in [2.05, 4.69) is 108 Å². The highest BCUT2D eigenvalue weighted by atomic mass is 32.3. The van der Waals surface area contributed by atoms with Crippen molar-refractivity contribution in [1.82, 2.24) is 59.4 Å². The lowest BCUT2D eigenvalue weighted by molar-refractivity contribution is -0.583. The molecule has 0 radical (unpaired) electrons. The number of rotatable bonds is 34. The molecule has 0 aliphatic carbocycles. The Morgan fingerprint density at radius 2 is 0.755 bits per heavy atom. The first kappa shape index (κ1) is 80.6. The molecule has 6 heterocycles. The third-order valence-electron chi connectivity index (χ3n) is 10.1. The van der Waals surface area contributed by atoms with Crippen LogP contribution in [0.2, 0.25) is 0 Å². The van der Waals surface area contributed by atoms with Crippen LogP contribution in [0.1, 0.15) is 7.43 Å². The van der Waals surface area contributed by atoms with E-state index in [1.54, 1.807) is 0 Å². The minimum Gasteiger partial charge on any atom is -0.466 e.